The summed E-state index contributed by atoms with van der Waals surface area (Å²) in [5, 5.41) is 13.2. The zero-order valence-corrected chi connectivity index (χ0v) is 19.4. The van der Waals surface area contributed by atoms with E-state index in [1.165, 1.54) is 16.7 Å². The van der Waals surface area contributed by atoms with E-state index >= 15 is 0 Å². The maximum atomic E-state index is 12.9. The Kier molecular flexibility index (Phi) is 7.26. The fourth-order valence-electron chi connectivity index (χ4n) is 3.89. The van der Waals surface area contributed by atoms with E-state index in [2.05, 4.69) is 75.7 Å². The van der Waals surface area contributed by atoms with Gasteiger partial charge in [0.25, 0.3) is 5.56 Å². The quantitative estimate of drug-likeness (QED) is 0.402. The number of aromatic amines is 1. The van der Waals surface area contributed by atoms with Gasteiger partial charge in [0, 0.05) is 31.3 Å². The number of rotatable bonds is 10. The smallest absolute Gasteiger partial charge is 0.252 e. The van der Waals surface area contributed by atoms with Gasteiger partial charge < -0.3 is 9.72 Å². The number of benzene rings is 2. The van der Waals surface area contributed by atoms with E-state index in [9.17, 15) is 4.79 Å². The van der Waals surface area contributed by atoms with Gasteiger partial charge in [0.2, 0.25) is 0 Å². The molecule has 0 saturated heterocycles. The Labute approximate surface area is 193 Å². The number of H-pyrrole nitrogens is 1. The summed E-state index contributed by atoms with van der Waals surface area (Å²) in [5.41, 5.74) is 5.13. The zero-order valence-electron chi connectivity index (χ0n) is 19.4. The maximum absolute atomic E-state index is 12.9. The number of ether oxygens (including phenoxy) is 1. The zero-order chi connectivity index (χ0) is 23.2. The molecule has 4 rings (SSSR count). The van der Waals surface area contributed by atoms with Crippen LogP contribution < -0.4 is 5.56 Å². The Hall–Kier alpha value is -3.36. The standard InChI is InChI=1S/C25H30N6O2/c1-4-19-9-10-23-21(13-19)14-22(25(32)26-23)16-30(15-20-7-5-18(2)6-8-20)17-24-27-28-29-31(24)11-12-33-3/h5-10,13-14H,4,11-12,15-17H2,1-3H3,(H,26,32). The van der Waals surface area contributed by atoms with Crippen LogP contribution in [0.25, 0.3) is 10.9 Å². The number of aromatic nitrogens is 5. The summed E-state index contributed by atoms with van der Waals surface area (Å²) in [6.45, 7) is 6.97. The molecule has 2 aromatic carbocycles. The van der Waals surface area contributed by atoms with Gasteiger partial charge in [-0.1, -0.05) is 42.8 Å². The Morgan fingerprint density at radius 3 is 2.58 bits per heavy atom. The third-order valence-corrected chi connectivity index (χ3v) is 5.79. The van der Waals surface area contributed by atoms with Crippen LogP contribution in [0.15, 0.2) is 53.3 Å². The molecule has 4 aromatic rings. The van der Waals surface area contributed by atoms with Crippen LogP contribution in [0.4, 0.5) is 0 Å². The molecule has 8 heteroatoms. The Bertz CT molecular complexity index is 1260. The molecule has 8 nitrogen and oxygen atoms in total. The van der Waals surface area contributed by atoms with Crippen LogP contribution >= 0.6 is 0 Å². The minimum atomic E-state index is -0.0698. The van der Waals surface area contributed by atoms with E-state index < -0.39 is 0 Å². The third kappa shape index (κ3) is 5.71. The number of nitrogens with one attached hydrogen (secondary N) is 1. The minimum Gasteiger partial charge on any atom is -0.383 e. The van der Waals surface area contributed by atoms with Crippen molar-refractivity contribution in [3.8, 4) is 0 Å². The molecule has 0 unspecified atom stereocenters. The Balaban J connectivity index is 1.64. The topological polar surface area (TPSA) is 88.9 Å². The van der Waals surface area contributed by atoms with Gasteiger partial charge >= 0.3 is 0 Å². The number of hydrogen-bond donors (Lipinski definition) is 1. The fourth-order valence-corrected chi connectivity index (χ4v) is 3.89. The molecule has 0 bridgehead atoms. The number of pyridine rings is 1. The second-order valence-corrected chi connectivity index (χ2v) is 8.34. The Morgan fingerprint density at radius 1 is 1.03 bits per heavy atom. The van der Waals surface area contributed by atoms with Gasteiger partial charge in [-0.25, -0.2) is 4.68 Å². The van der Waals surface area contributed by atoms with E-state index in [-0.39, 0.29) is 5.56 Å². The normalized spacial score (nSPS) is 11.5. The summed E-state index contributed by atoms with van der Waals surface area (Å²) in [7, 11) is 1.66. The molecule has 2 heterocycles. The molecular formula is C25H30N6O2. The lowest BCUT2D eigenvalue weighted by atomic mass is 10.1. The van der Waals surface area contributed by atoms with E-state index in [4.69, 9.17) is 4.74 Å². The first-order valence-corrected chi connectivity index (χ1v) is 11.2. The Morgan fingerprint density at radius 2 is 1.82 bits per heavy atom. The minimum absolute atomic E-state index is 0.0698. The van der Waals surface area contributed by atoms with Crippen molar-refractivity contribution >= 4 is 10.9 Å². The molecule has 0 fully saturated rings. The lowest BCUT2D eigenvalue weighted by Gasteiger charge is -2.22. The summed E-state index contributed by atoms with van der Waals surface area (Å²) in [6, 6.07) is 16.6. The summed E-state index contributed by atoms with van der Waals surface area (Å²) < 4.78 is 6.93. The van der Waals surface area contributed by atoms with E-state index in [0.29, 0.717) is 32.8 Å². The molecule has 0 atom stereocenters. The van der Waals surface area contributed by atoms with Crippen molar-refractivity contribution in [3.05, 3.63) is 87.0 Å². The molecule has 33 heavy (non-hydrogen) atoms. The van der Waals surface area contributed by atoms with Gasteiger partial charge in [-0.3, -0.25) is 9.69 Å². The van der Waals surface area contributed by atoms with Gasteiger partial charge in [-0.2, -0.15) is 0 Å². The van der Waals surface area contributed by atoms with Crippen LogP contribution in [0.1, 0.15) is 35.0 Å². The lowest BCUT2D eigenvalue weighted by Crippen LogP contribution is -2.28. The van der Waals surface area contributed by atoms with Gasteiger partial charge in [-0.15, -0.1) is 5.10 Å². The second kappa shape index (κ2) is 10.5. The molecule has 0 amide bonds. The van der Waals surface area contributed by atoms with Crippen molar-refractivity contribution in [3.63, 3.8) is 0 Å². The van der Waals surface area contributed by atoms with Crippen molar-refractivity contribution in [2.75, 3.05) is 13.7 Å². The molecule has 0 radical (unpaired) electrons. The molecule has 0 saturated carbocycles. The van der Waals surface area contributed by atoms with Crippen LogP contribution in [0.5, 0.6) is 0 Å². The number of aryl methyl sites for hydroxylation is 2. The highest BCUT2D eigenvalue weighted by Crippen LogP contribution is 2.17. The highest BCUT2D eigenvalue weighted by Gasteiger charge is 2.16. The van der Waals surface area contributed by atoms with Gasteiger partial charge in [0.05, 0.1) is 19.7 Å². The number of hydrogen-bond acceptors (Lipinski definition) is 6. The number of methoxy groups -OCH3 is 1. The van der Waals surface area contributed by atoms with Crippen LogP contribution in [0.2, 0.25) is 0 Å². The largest absolute Gasteiger partial charge is 0.383 e. The highest BCUT2D eigenvalue weighted by molar-refractivity contribution is 5.79. The van der Waals surface area contributed by atoms with E-state index in [0.717, 1.165) is 28.7 Å². The third-order valence-electron chi connectivity index (χ3n) is 5.79. The maximum Gasteiger partial charge on any atom is 0.252 e. The predicted octanol–water partition coefficient (Wildman–Crippen LogP) is 3.23. The fraction of sp³-hybridized carbons (Fsp3) is 0.360. The molecule has 2 aromatic heterocycles. The molecule has 1 N–H and O–H groups in total. The van der Waals surface area contributed by atoms with Crippen molar-refractivity contribution < 1.29 is 4.74 Å². The van der Waals surface area contributed by atoms with Crippen LogP contribution in [-0.2, 0) is 37.3 Å². The molecule has 0 spiro atoms. The molecule has 0 aliphatic rings. The van der Waals surface area contributed by atoms with Crippen molar-refractivity contribution in [1.82, 2.24) is 30.1 Å². The first-order valence-electron chi connectivity index (χ1n) is 11.2. The van der Waals surface area contributed by atoms with Crippen molar-refractivity contribution in [2.24, 2.45) is 0 Å². The van der Waals surface area contributed by atoms with E-state index in [1.54, 1.807) is 11.8 Å². The highest BCUT2D eigenvalue weighted by atomic mass is 16.5. The van der Waals surface area contributed by atoms with E-state index in [1.807, 2.05) is 12.1 Å². The van der Waals surface area contributed by atoms with Crippen LogP contribution in [-0.4, -0.2) is 43.8 Å². The van der Waals surface area contributed by atoms with Crippen molar-refractivity contribution in [2.45, 2.75) is 46.4 Å². The van der Waals surface area contributed by atoms with Gasteiger partial charge in [-0.05, 0) is 58.5 Å². The van der Waals surface area contributed by atoms with Gasteiger partial charge in [0.1, 0.15) is 0 Å². The number of nitrogens with zero attached hydrogens (tertiary/aromatic N) is 5. The summed E-state index contributed by atoms with van der Waals surface area (Å²) in [4.78, 5) is 18.1. The van der Waals surface area contributed by atoms with Crippen molar-refractivity contribution in [1.29, 1.82) is 0 Å². The average molecular weight is 447 g/mol. The van der Waals surface area contributed by atoms with Crippen LogP contribution in [0, 0.1) is 6.92 Å². The summed E-state index contributed by atoms with van der Waals surface area (Å²) >= 11 is 0. The summed E-state index contributed by atoms with van der Waals surface area (Å²) in [5.74, 6) is 0.740. The predicted molar refractivity (Wildman–Crippen MR) is 128 cm³/mol. The average Bonchev–Trinajstić information content (AvgIpc) is 3.26. The molecule has 0 aliphatic carbocycles. The number of fused-ring (bicyclic) bond motifs is 1. The van der Waals surface area contributed by atoms with Gasteiger partial charge in [0.15, 0.2) is 5.82 Å². The SMILES string of the molecule is CCc1ccc2[nH]c(=O)c(CN(Cc3ccc(C)cc3)Cc3nnnn3CCOC)cc2c1. The molecule has 172 valence electrons. The summed E-state index contributed by atoms with van der Waals surface area (Å²) in [6.07, 6.45) is 0.952. The lowest BCUT2D eigenvalue weighted by molar-refractivity contribution is 0.177. The molecular weight excluding hydrogens is 416 g/mol. The second-order valence-electron chi connectivity index (χ2n) is 8.34. The first kappa shape index (κ1) is 22.8. The monoisotopic (exact) mass is 446 g/mol. The molecule has 0 aliphatic heterocycles. The van der Waals surface area contributed by atoms with Crippen LogP contribution in [0.3, 0.4) is 0 Å². The first-order chi connectivity index (χ1) is 16.1. The number of tetrazole rings is 1.